The second-order valence-electron chi connectivity index (χ2n) is 18.2. The van der Waals surface area contributed by atoms with Gasteiger partial charge in [-0.1, -0.05) is 218 Å². The Hall–Kier alpha value is -4.25. The number of methoxy groups -OCH3 is 4. The van der Waals surface area contributed by atoms with E-state index in [1.54, 1.807) is 28.4 Å². The molecular formula is C61H96O5. The van der Waals surface area contributed by atoms with Gasteiger partial charge in [0.1, 0.15) is 23.0 Å². The van der Waals surface area contributed by atoms with Gasteiger partial charge >= 0.3 is 0 Å². The van der Waals surface area contributed by atoms with E-state index in [9.17, 15) is 4.79 Å². The van der Waals surface area contributed by atoms with Crippen molar-refractivity contribution in [2.45, 2.75) is 207 Å². The molecular weight excluding hydrogens is 813 g/mol. The largest absolute Gasteiger partial charge is 0.497 e. The highest BCUT2D eigenvalue weighted by Gasteiger charge is 2.14. The van der Waals surface area contributed by atoms with E-state index < -0.39 is 0 Å². The molecule has 0 aliphatic carbocycles. The summed E-state index contributed by atoms with van der Waals surface area (Å²) >= 11 is 0. The Labute approximate surface area is 406 Å². The van der Waals surface area contributed by atoms with Crippen LogP contribution in [0.25, 0.3) is 22.3 Å². The van der Waals surface area contributed by atoms with Crippen LogP contribution in [0.4, 0.5) is 0 Å². The minimum absolute atomic E-state index is 0. The van der Waals surface area contributed by atoms with Crippen molar-refractivity contribution in [1.82, 2.24) is 0 Å². The predicted octanol–water partition coefficient (Wildman–Crippen LogP) is 19.3. The standard InChI is InChI=1S/C30H44O3.C30H46O2.CH4.H2/c1-4-5-6-7-8-9-10-11-12-13-14-15-16-17-29(31)28-24-26(20-23-30(28)33-3)25-18-21-27(32-2)22-19-25;1-4-5-6-7-8-9-10-11-12-13-14-15-16-17-18-28-25-27(21-24-30(28)32-3)26-19-22-29(31-2)23-20-26;;/h18-24H,4-17H2,1-3H3;19-25H,4-18H2,1-3H3;1H4;1H/i;;;1+1. The van der Waals surface area contributed by atoms with Crippen molar-refractivity contribution in [1.29, 1.82) is 0 Å². The third kappa shape index (κ3) is 24.0. The summed E-state index contributed by atoms with van der Waals surface area (Å²) in [6.07, 6.45) is 38.3. The fourth-order valence-corrected chi connectivity index (χ4v) is 8.77. The van der Waals surface area contributed by atoms with Crippen LogP contribution in [0, 0.1) is 0 Å². The first kappa shape index (κ1) is 57.9. The van der Waals surface area contributed by atoms with Gasteiger partial charge in [0.15, 0.2) is 5.78 Å². The van der Waals surface area contributed by atoms with Gasteiger partial charge in [0.25, 0.3) is 0 Å². The second kappa shape index (κ2) is 37.8. The van der Waals surface area contributed by atoms with E-state index in [0.717, 1.165) is 47.6 Å². The van der Waals surface area contributed by atoms with E-state index in [4.69, 9.17) is 18.9 Å². The molecule has 0 aliphatic heterocycles. The molecule has 0 N–H and O–H groups in total. The van der Waals surface area contributed by atoms with Crippen LogP contribution in [0.1, 0.15) is 218 Å². The van der Waals surface area contributed by atoms with Crippen LogP contribution in [-0.2, 0) is 6.42 Å². The Morgan fingerprint density at radius 2 is 0.712 bits per heavy atom. The first-order valence-corrected chi connectivity index (χ1v) is 26.1. The average molecular weight is 910 g/mol. The van der Waals surface area contributed by atoms with Gasteiger partial charge in [-0.2, -0.15) is 0 Å². The lowest BCUT2D eigenvalue weighted by Gasteiger charge is -2.12. The zero-order chi connectivity index (χ0) is 46.6. The number of benzene rings is 4. The molecule has 0 saturated carbocycles. The van der Waals surface area contributed by atoms with Gasteiger partial charge in [0, 0.05) is 7.85 Å². The monoisotopic (exact) mass is 910 g/mol. The third-order valence-corrected chi connectivity index (χ3v) is 12.9. The Kier molecular flexibility index (Phi) is 33.1. The predicted molar refractivity (Wildman–Crippen MR) is 287 cm³/mol. The van der Waals surface area contributed by atoms with E-state index in [0.29, 0.717) is 17.7 Å². The third-order valence-electron chi connectivity index (χ3n) is 12.9. The summed E-state index contributed by atoms with van der Waals surface area (Å²) in [5.74, 6) is 3.56. The Bertz CT molecular complexity index is 1790. The highest BCUT2D eigenvalue weighted by molar-refractivity contribution is 5.99. The molecule has 0 unspecified atom stereocenters. The number of ketones is 1. The van der Waals surface area contributed by atoms with Gasteiger partial charge in [0.05, 0.1) is 34.0 Å². The van der Waals surface area contributed by atoms with Crippen LogP contribution in [-0.4, -0.2) is 34.2 Å². The summed E-state index contributed by atoms with van der Waals surface area (Å²) in [7, 11) is 6.77. The molecule has 5 heteroatoms. The first-order chi connectivity index (χ1) is 32.0. The van der Waals surface area contributed by atoms with Crippen LogP contribution in [0.2, 0.25) is 0 Å². The van der Waals surface area contributed by atoms with Crippen molar-refractivity contribution in [2.75, 3.05) is 28.4 Å². The zero-order valence-electron chi connectivity index (χ0n) is 42.1. The van der Waals surface area contributed by atoms with E-state index in [2.05, 4.69) is 44.2 Å². The second-order valence-corrected chi connectivity index (χ2v) is 18.2. The van der Waals surface area contributed by atoms with Crippen molar-refractivity contribution < 1.29 is 25.2 Å². The quantitative estimate of drug-likeness (QED) is 0.0336. The number of rotatable bonds is 36. The number of carbonyl (C=O) groups excluding carboxylic acids is 1. The van der Waals surface area contributed by atoms with Gasteiger partial charge < -0.3 is 18.9 Å². The molecule has 4 aromatic rings. The molecule has 0 heterocycles. The van der Waals surface area contributed by atoms with Crippen LogP contribution < -0.4 is 18.9 Å². The Morgan fingerprint density at radius 1 is 0.379 bits per heavy atom. The molecule has 0 aromatic heterocycles. The molecule has 370 valence electrons. The van der Waals surface area contributed by atoms with Gasteiger partial charge in [0.2, 0.25) is 0 Å². The maximum atomic E-state index is 12.9. The summed E-state index contributed by atoms with van der Waals surface area (Å²) in [4.78, 5) is 12.9. The first-order valence-electron chi connectivity index (χ1n) is 26.1. The number of ether oxygens (including phenoxy) is 4. The van der Waals surface area contributed by atoms with E-state index >= 15 is 0 Å². The number of carbonyl (C=O) groups is 1. The van der Waals surface area contributed by atoms with Crippen LogP contribution in [0.3, 0.4) is 0 Å². The molecule has 0 amide bonds. The van der Waals surface area contributed by atoms with Crippen LogP contribution >= 0.6 is 0 Å². The Balaban J connectivity index is 0.000000651. The van der Waals surface area contributed by atoms with Gasteiger partial charge in [-0.3, -0.25) is 4.79 Å². The summed E-state index contributed by atoms with van der Waals surface area (Å²) in [6, 6.07) is 28.6. The van der Waals surface area contributed by atoms with Gasteiger partial charge in [-0.05, 0) is 95.6 Å². The Morgan fingerprint density at radius 3 is 1.09 bits per heavy atom. The summed E-state index contributed by atoms with van der Waals surface area (Å²) < 4.78 is 21.6. The highest BCUT2D eigenvalue weighted by Crippen LogP contribution is 2.31. The lowest BCUT2D eigenvalue weighted by Crippen LogP contribution is -2.03. The van der Waals surface area contributed by atoms with Gasteiger partial charge in [-0.25, -0.2) is 0 Å². The van der Waals surface area contributed by atoms with E-state index in [1.807, 2.05) is 54.6 Å². The summed E-state index contributed by atoms with van der Waals surface area (Å²) in [5.41, 5.74) is 6.55. The van der Waals surface area contributed by atoms with Gasteiger partial charge in [-0.15, -0.1) is 0 Å². The number of aryl methyl sites for hydroxylation is 1. The van der Waals surface area contributed by atoms with Crippen molar-refractivity contribution in [3.05, 3.63) is 96.1 Å². The number of Topliss-reactive ketones (excluding diaryl/α,β-unsaturated/α-hetero) is 1. The highest BCUT2D eigenvalue weighted by atomic mass is 16.5. The molecule has 5 nitrogen and oxygen atoms in total. The molecule has 0 saturated heterocycles. The molecule has 0 bridgehead atoms. The minimum atomic E-state index is 0. The van der Waals surface area contributed by atoms with E-state index in [-0.39, 0.29) is 14.6 Å². The minimum Gasteiger partial charge on any atom is -0.497 e. The molecule has 0 aliphatic rings. The van der Waals surface area contributed by atoms with E-state index in [1.165, 1.54) is 177 Å². The summed E-state index contributed by atoms with van der Waals surface area (Å²) in [6.45, 7) is 4.56. The molecule has 4 aromatic carbocycles. The topological polar surface area (TPSA) is 54.0 Å². The molecule has 66 heavy (non-hydrogen) atoms. The lowest BCUT2D eigenvalue weighted by molar-refractivity contribution is 0.0976. The van der Waals surface area contributed by atoms with Crippen molar-refractivity contribution in [3.8, 4) is 45.3 Å². The van der Waals surface area contributed by atoms with Crippen LogP contribution in [0.15, 0.2) is 84.9 Å². The molecule has 0 spiro atoms. The lowest BCUT2D eigenvalue weighted by atomic mass is 9.97. The summed E-state index contributed by atoms with van der Waals surface area (Å²) in [5, 5.41) is 0. The maximum Gasteiger partial charge on any atom is 0.166 e. The fourth-order valence-electron chi connectivity index (χ4n) is 8.77. The molecule has 0 fully saturated rings. The van der Waals surface area contributed by atoms with Crippen molar-refractivity contribution >= 4 is 5.78 Å². The molecule has 0 radical (unpaired) electrons. The fraction of sp³-hybridized carbons (Fsp3) is 0.590. The SMILES string of the molecule is C.CCCCCCCCCCCCCCCC(=O)c1cc(-c2ccc(OC)cc2)ccc1OC.CCCCCCCCCCCCCCCCc1cc(-c2ccc(OC)cc2)ccc1OC.[2HH]. The van der Waals surface area contributed by atoms with Crippen molar-refractivity contribution in [3.63, 3.8) is 0 Å². The number of unbranched alkanes of at least 4 members (excludes halogenated alkanes) is 25. The number of hydrogen-bond acceptors (Lipinski definition) is 5. The normalized spacial score (nSPS) is 10.8. The zero-order valence-corrected chi connectivity index (χ0v) is 42.1. The smallest absolute Gasteiger partial charge is 0.166 e. The van der Waals surface area contributed by atoms with Crippen LogP contribution in [0.5, 0.6) is 23.0 Å². The number of hydrogen-bond donors (Lipinski definition) is 0. The van der Waals surface area contributed by atoms with Crippen molar-refractivity contribution in [2.24, 2.45) is 0 Å². The molecule has 4 rings (SSSR count). The molecule has 0 atom stereocenters. The average Bonchev–Trinajstić information content (AvgIpc) is 3.35. The maximum absolute atomic E-state index is 12.9.